The number of hydrogen-bond acceptors (Lipinski definition) is 2. The van der Waals surface area contributed by atoms with Crippen molar-refractivity contribution in [3.05, 3.63) is 53.1 Å². The maximum Gasteiger partial charge on any atom is 0.242 e. The van der Waals surface area contributed by atoms with Gasteiger partial charge in [0.15, 0.2) is 0 Å². The van der Waals surface area contributed by atoms with E-state index in [1.165, 1.54) is 6.07 Å². The molecule has 0 aliphatic carbocycles. The first-order chi connectivity index (χ1) is 8.49. The highest BCUT2D eigenvalue weighted by Gasteiger charge is 2.18. The first-order valence-corrected chi connectivity index (χ1v) is 6.91. The first-order valence-electron chi connectivity index (χ1n) is 5.05. The summed E-state index contributed by atoms with van der Waals surface area (Å²) in [6.45, 7) is 0.110. The Hall–Kier alpha value is -1.37. The predicted molar refractivity (Wildman–Crippen MR) is 66.2 cm³/mol. The molecular weight excluding hydrogens is 279 g/mol. The van der Waals surface area contributed by atoms with E-state index in [0.29, 0.717) is 0 Å². The van der Waals surface area contributed by atoms with Crippen molar-refractivity contribution in [1.29, 1.82) is 0 Å². The lowest BCUT2D eigenvalue weighted by Crippen LogP contribution is -2.23. The fourth-order valence-corrected chi connectivity index (χ4v) is 2.93. The van der Waals surface area contributed by atoms with Crippen LogP contribution in [0.15, 0.2) is 41.6 Å². The molecule has 7 heteroatoms. The van der Waals surface area contributed by atoms with Crippen LogP contribution in [0.3, 0.4) is 0 Å². The number of hydrogen-bond donors (Lipinski definition) is 2. The quantitative estimate of drug-likeness (QED) is 0.907. The zero-order valence-electron chi connectivity index (χ0n) is 9.15. The molecule has 96 valence electrons. The number of aromatic nitrogens is 1. The highest BCUT2D eigenvalue weighted by atomic mass is 35.5. The van der Waals surface area contributed by atoms with E-state index in [-0.39, 0.29) is 16.5 Å². The molecule has 0 aliphatic rings. The average Bonchev–Trinajstić information content (AvgIpc) is 2.83. The summed E-state index contributed by atoms with van der Waals surface area (Å²) in [5.41, 5.74) is 0.770. The van der Waals surface area contributed by atoms with Gasteiger partial charge in [-0.3, -0.25) is 0 Å². The summed E-state index contributed by atoms with van der Waals surface area (Å²) in [6.07, 6.45) is 3.34. The lowest BCUT2D eigenvalue weighted by atomic mass is 10.3. The second-order valence-electron chi connectivity index (χ2n) is 3.62. The Balaban J connectivity index is 2.22. The molecule has 0 spiro atoms. The predicted octanol–water partition coefficient (Wildman–Crippen LogP) is 2.29. The number of rotatable bonds is 4. The zero-order chi connectivity index (χ0) is 13.2. The van der Waals surface area contributed by atoms with E-state index in [1.807, 2.05) is 0 Å². The van der Waals surface area contributed by atoms with Gasteiger partial charge in [-0.15, -0.1) is 0 Å². The van der Waals surface area contributed by atoms with Crippen LogP contribution in [0.1, 0.15) is 5.56 Å². The van der Waals surface area contributed by atoms with Crippen molar-refractivity contribution >= 4 is 21.6 Å². The Morgan fingerprint density at radius 3 is 2.78 bits per heavy atom. The fourth-order valence-electron chi connectivity index (χ4n) is 1.41. The smallest absolute Gasteiger partial charge is 0.242 e. The maximum absolute atomic E-state index is 13.0. The van der Waals surface area contributed by atoms with E-state index in [4.69, 9.17) is 11.6 Å². The lowest BCUT2D eigenvalue weighted by molar-refractivity contribution is 0.577. The third-order valence-electron chi connectivity index (χ3n) is 2.31. The third kappa shape index (κ3) is 2.90. The van der Waals surface area contributed by atoms with Crippen LogP contribution in [0.2, 0.25) is 5.02 Å². The molecule has 1 aromatic carbocycles. The zero-order valence-corrected chi connectivity index (χ0v) is 10.7. The van der Waals surface area contributed by atoms with Gasteiger partial charge in [-0.25, -0.2) is 17.5 Å². The molecule has 0 bridgehead atoms. The molecule has 1 heterocycles. The summed E-state index contributed by atoms with van der Waals surface area (Å²) in [4.78, 5) is 2.54. The van der Waals surface area contributed by atoms with Gasteiger partial charge in [-0.05, 0) is 29.8 Å². The summed E-state index contributed by atoms with van der Waals surface area (Å²) in [7, 11) is -3.83. The number of nitrogens with one attached hydrogen (secondary N) is 2. The molecule has 0 saturated heterocycles. The van der Waals surface area contributed by atoms with Gasteiger partial charge in [0.2, 0.25) is 10.0 Å². The van der Waals surface area contributed by atoms with E-state index < -0.39 is 15.8 Å². The van der Waals surface area contributed by atoms with Crippen molar-refractivity contribution in [2.45, 2.75) is 11.4 Å². The minimum atomic E-state index is -3.83. The molecule has 18 heavy (non-hydrogen) atoms. The largest absolute Gasteiger partial charge is 0.367 e. The van der Waals surface area contributed by atoms with Gasteiger partial charge >= 0.3 is 0 Å². The molecule has 2 rings (SSSR count). The van der Waals surface area contributed by atoms with E-state index in [1.54, 1.807) is 18.5 Å². The summed E-state index contributed by atoms with van der Waals surface area (Å²) < 4.78 is 39.2. The van der Waals surface area contributed by atoms with Crippen LogP contribution >= 0.6 is 11.6 Å². The molecule has 2 N–H and O–H groups in total. The standard InChI is InChI=1S/C11H10ClFN2O2S/c12-10-2-1-9(13)5-11(10)18(16,17)15-7-8-3-4-14-6-8/h1-6,14-15H,7H2. The molecule has 0 unspecified atom stereocenters. The van der Waals surface area contributed by atoms with E-state index in [2.05, 4.69) is 9.71 Å². The molecule has 0 saturated carbocycles. The molecule has 1 aromatic heterocycles. The van der Waals surface area contributed by atoms with Crippen molar-refractivity contribution in [2.75, 3.05) is 0 Å². The van der Waals surface area contributed by atoms with E-state index in [9.17, 15) is 12.8 Å². The Kier molecular flexibility index (Phi) is 3.70. The number of aromatic amines is 1. The second kappa shape index (κ2) is 5.09. The average molecular weight is 289 g/mol. The summed E-state index contributed by atoms with van der Waals surface area (Å²) in [5, 5.41) is -0.0158. The SMILES string of the molecule is O=S(=O)(NCc1cc[nH]c1)c1cc(F)ccc1Cl. The monoisotopic (exact) mass is 288 g/mol. The molecule has 0 amide bonds. The van der Waals surface area contributed by atoms with Crippen molar-refractivity contribution in [1.82, 2.24) is 9.71 Å². The van der Waals surface area contributed by atoms with Crippen LogP contribution in [0, 0.1) is 5.82 Å². The molecule has 0 radical (unpaired) electrons. The van der Waals surface area contributed by atoms with E-state index >= 15 is 0 Å². The highest BCUT2D eigenvalue weighted by Crippen LogP contribution is 2.22. The number of halogens is 2. The van der Waals surface area contributed by atoms with Crippen LogP contribution < -0.4 is 4.72 Å². The normalized spacial score (nSPS) is 11.7. The van der Waals surface area contributed by atoms with Crippen molar-refractivity contribution < 1.29 is 12.8 Å². The van der Waals surface area contributed by atoms with Gasteiger partial charge in [0.1, 0.15) is 10.7 Å². The number of benzene rings is 1. The van der Waals surface area contributed by atoms with E-state index in [0.717, 1.165) is 17.7 Å². The molecule has 2 aromatic rings. The van der Waals surface area contributed by atoms with Crippen molar-refractivity contribution in [2.24, 2.45) is 0 Å². The van der Waals surface area contributed by atoms with Gasteiger partial charge in [0.25, 0.3) is 0 Å². The van der Waals surface area contributed by atoms with Gasteiger partial charge in [-0.2, -0.15) is 0 Å². The lowest BCUT2D eigenvalue weighted by Gasteiger charge is -2.07. The van der Waals surface area contributed by atoms with Crippen molar-refractivity contribution in [3.63, 3.8) is 0 Å². The molecule has 0 fully saturated rings. The Bertz CT molecular complexity index is 641. The van der Waals surface area contributed by atoms with Gasteiger partial charge in [0, 0.05) is 18.9 Å². The summed E-state index contributed by atoms with van der Waals surface area (Å²) in [6, 6.07) is 4.94. The summed E-state index contributed by atoms with van der Waals surface area (Å²) >= 11 is 5.75. The maximum atomic E-state index is 13.0. The second-order valence-corrected chi connectivity index (χ2v) is 5.76. The molecule has 0 aliphatic heterocycles. The topological polar surface area (TPSA) is 62.0 Å². The molecule has 4 nitrogen and oxygen atoms in total. The summed E-state index contributed by atoms with van der Waals surface area (Å²) in [5.74, 6) is -0.651. The minimum absolute atomic E-state index is 0.0158. The molecule has 0 atom stereocenters. The van der Waals surface area contributed by atoms with Crippen LogP contribution in [0.25, 0.3) is 0 Å². The Morgan fingerprint density at radius 1 is 1.33 bits per heavy atom. The highest BCUT2D eigenvalue weighted by molar-refractivity contribution is 7.89. The van der Waals surface area contributed by atoms with Gasteiger partial charge in [0.05, 0.1) is 5.02 Å². The van der Waals surface area contributed by atoms with Gasteiger partial charge in [-0.1, -0.05) is 11.6 Å². The third-order valence-corrected chi connectivity index (χ3v) is 4.19. The Labute approximate surface area is 109 Å². The van der Waals surface area contributed by atoms with Crippen LogP contribution in [-0.2, 0) is 16.6 Å². The van der Waals surface area contributed by atoms with Crippen molar-refractivity contribution in [3.8, 4) is 0 Å². The van der Waals surface area contributed by atoms with Crippen LogP contribution in [0.4, 0.5) is 4.39 Å². The van der Waals surface area contributed by atoms with Crippen LogP contribution in [-0.4, -0.2) is 13.4 Å². The minimum Gasteiger partial charge on any atom is -0.367 e. The van der Waals surface area contributed by atoms with Crippen LogP contribution in [0.5, 0.6) is 0 Å². The molecular formula is C11H10ClFN2O2S. The fraction of sp³-hybridized carbons (Fsp3) is 0.0909. The first kappa shape index (κ1) is 13.1. The number of H-pyrrole nitrogens is 1. The van der Waals surface area contributed by atoms with Gasteiger partial charge < -0.3 is 4.98 Å². The Morgan fingerprint density at radius 2 is 2.11 bits per heavy atom. The number of sulfonamides is 1.